The number of benzene rings is 4. The van der Waals surface area contributed by atoms with Crippen molar-refractivity contribution in [3.63, 3.8) is 0 Å². The van der Waals surface area contributed by atoms with Crippen LogP contribution in [0.3, 0.4) is 0 Å². The summed E-state index contributed by atoms with van der Waals surface area (Å²) < 4.78 is 5.61. The van der Waals surface area contributed by atoms with Crippen molar-refractivity contribution in [1.29, 1.82) is 0 Å². The molecule has 4 aromatic rings. The highest BCUT2D eigenvalue weighted by Gasteiger charge is 2.35. The summed E-state index contributed by atoms with van der Waals surface area (Å²) in [5.41, 5.74) is 3.56. The van der Waals surface area contributed by atoms with Crippen molar-refractivity contribution in [2.45, 2.75) is 38.3 Å². The van der Waals surface area contributed by atoms with E-state index in [1.54, 1.807) is 24.3 Å². The van der Waals surface area contributed by atoms with E-state index < -0.39 is 36.5 Å². The molecule has 9 nitrogen and oxygen atoms in total. The Hall–Kier alpha value is -4.41. The Morgan fingerprint density at radius 3 is 2.12 bits per heavy atom. The Morgan fingerprint density at radius 2 is 1.46 bits per heavy atom. The van der Waals surface area contributed by atoms with Crippen LogP contribution in [0.15, 0.2) is 91.0 Å². The number of ether oxygens (including phenoxy) is 1. The second kappa shape index (κ2) is 17.0. The third-order valence-electron chi connectivity index (χ3n) is 8.42. The predicted octanol–water partition coefficient (Wildman–Crippen LogP) is 6.18. The molecule has 0 fully saturated rings. The predicted molar refractivity (Wildman–Crippen MR) is 193 cm³/mol. The van der Waals surface area contributed by atoms with E-state index in [9.17, 15) is 24.3 Å². The first kappa shape index (κ1) is 36.9. The van der Waals surface area contributed by atoms with Crippen LogP contribution in [-0.2, 0) is 22.4 Å². The molecule has 260 valence electrons. The average molecular weight is 737 g/mol. The highest BCUT2D eigenvalue weighted by molar-refractivity contribution is 6.43. The van der Waals surface area contributed by atoms with E-state index in [1.165, 1.54) is 17.0 Å². The first-order chi connectivity index (χ1) is 24.0. The Bertz CT molecular complexity index is 1820. The fraction of sp³-hybridized carbons (Fsp3) is 0.263. The highest BCUT2D eigenvalue weighted by Crippen LogP contribution is 2.33. The smallest absolute Gasteiger partial charge is 0.261 e. The Morgan fingerprint density at radius 1 is 0.840 bits per heavy atom. The van der Waals surface area contributed by atoms with E-state index in [1.807, 2.05) is 61.5 Å². The molecule has 5 rings (SSSR count). The van der Waals surface area contributed by atoms with Crippen LogP contribution < -0.4 is 10.1 Å². The first-order valence-corrected chi connectivity index (χ1v) is 17.2. The number of nitrogens with one attached hydrogen (secondary N) is 1. The van der Waals surface area contributed by atoms with Gasteiger partial charge in [-0.25, -0.2) is 0 Å². The zero-order valence-corrected chi connectivity index (χ0v) is 29.5. The van der Waals surface area contributed by atoms with E-state index in [0.717, 1.165) is 21.6 Å². The molecule has 4 aromatic carbocycles. The highest BCUT2D eigenvalue weighted by atomic mass is 35.5. The van der Waals surface area contributed by atoms with Crippen LogP contribution in [0.1, 0.15) is 43.8 Å². The van der Waals surface area contributed by atoms with E-state index in [4.69, 9.17) is 39.5 Å². The molecule has 1 aliphatic rings. The molecule has 4 amide bonds. The van der Waals surface area contributed by atoms with Crippen LogP contribution in [0, 0.1) is 6.92 Å². The molecule has 0 bridgehead atoms. The van der Waals surface area contributed by atoms with E-state index >= 15 is 0 Å². The lowest BCUT2D eigenvalue weighted by Gasteiger charge is -2.31. The van der Waals surface area contributed by atoms with Crippen molar-refractivity contribution in [2.24, 2.45) is 0 Å². The van der Waals surface area contributed by atoms with Crippen LogP contribution in [0.5, 0.6) is 5.75 Å². The number of halogens is 3. The van der Waals surface area contributed by atoms with Crippen molar-refractivity contribution in [3.05, 3.63) is 134 Å². The molecule has 0 unspecified atom stereocenters. The van der Waals surface area contributed by atoms with Gasteiger partial charge in [-0.2, -0.15) is 0 Å². The number of hydrogen-bond donors (Lipinski definition) is 2. The van der Waals surface area contributed by atoms with E-state index in [0.29, 0.717) is 17.5 Å². The van der Waals surface area contributed by atoms with Crippen molar-refractivity contribution in [1.82, 2.24) is 15.1 Å². The summed E-state index contributed by atoms with van der Waals surface area (Å²) in [6, 6.07) is 25.8. The lowest BCUT2D eigenvalue weighted by Crippen LogP contribution is -2.52. The van der Waals surface area contributed by atoms with Gasteiger partial charge in [-0.3, -0.25) is 24.1 Å². The summed E-state index contributed by atoms with van der Waals surface area (Å²) in [5, 5.41) is 15.1. The number of fused-ring (bicyclic) bond motifs is 1. The minimum Gasteiger partial charge on any atom is -0.482 e. The number of nitrogens with zero attached hydrogens (tertiary/aromatic N) is 2. The van der Waals surface area contributed by atoms with Crippen LogP contribution in [0.25, 0.3) is 0 Å². The molecular weight excluding hydrogens is 701 g/mol. The topological polar surface area (TPSA) is 116 Å². The molecule has 2 N–H and O–H groups in total. The molecule has 0 aromatic heterocycles. The number of amides is 4. The number of aliphatic hydroxyl groups is 1. The number of rotatable bonds is 15. The van der Waals surface area contributed by atoms with E-state index in [-0.39, 0.29) is 59.2 Å². The zero-order valence-electron chi connectivity index (χ0n) is 27.3. The van der Waals surface area contributed by atoms with Crippen molar-refractivity contribution < 1.29 is 29.0 Å². The third-order valence-corrected chi connectivity index (χ3v) is 9.44. The molecule has 1 aliphatic heterocycles. The number of carbonyl (C=O) groups is 4. The number of aryl methyl sites for hydroxylation is 1. The maximum atomic E-state index is 13.8. The van der Waals surface area contributed by atoms with Crippen LogP contribution in [0.4, 0.5) is 0 Å². The van der Waals surface area contributed by atoms with Crippen molar-refractivity contribution in [2.75, 3.05) is 26.2 Å². The summed E-state index contributed by atoms with van der Waals surface area (Å²) in [6.07, 6.45) is -0.579. The van der Waals surface area contributed by atoms with Gasteiger partial charge in [0.2, 0.25) is 5.91 Å². The van der Waals surface area contributed by atoms with Crippen molar-refractivity contribution >= 4 is 58.4 Å². The lowest BCUT2D eigenvalue weighted by atomic mass is 10.00. The van der Waals surface area contributed by atoms with Gasteiger partial charge in [-0.1, -0.05) is 107 Å². The van der Waals surface area contributed by atoms with Crippen molar-refractivity contribution in [3.8, 4) is 5.75 Å². The summed E-state index contributed by atoms with van der Waals surface area (Å²) in [6.45, 7) is 1.59. The van der Waals surface area contributed by atoms with Crippen LogP contribution >= 0.6 is 34.8 Å². The average Bonchev–Trinajstić information content (AvgIpc) is 3.35. The normalized spacial score (nSPS) is 13.5. The molecular formula is C38H36Cl3N3O6. The molecule has 12 heteroatoms. The second-order valence-corrected chi connectivity index (χ2v) is 13.3. The van der Waals surface area contributed by atoms with Crippen LogP contribution in [-0.4, -0.2) is 76.9 Å². The summed E-state index contributed by atoms with van der Waals surface area (Å²) in [7, 11) is 0. The number of carbonyl (C=O) groups excluding carboxylic acids is 4. The van der Waals surface area contributed by atoms with Gasteiger partial charge >= 0.3 is 0 Å². The second-order valence-electron chi connectivity index (χ2n) is 12.0. The van der Waals surface area contributed by atoms with Gasteiger partial charge in [0.15, 0.2) is 6.61 Å². The zero-order chi connectivity index (χ0) is 35.8. The summed E-state index contributed by atoms with van der Waals surface area (Å²) >= 11 is 18.3. The molecule has 0 spiro atoms. The van der Waals surface area contributed by atoms with Gasteiger partial charge in [-0.05, 0) is 49.1 Å². The maximum absolute atomic E-state index is 13.8. The van der Waals surface area contributed by atoms with Gasteiger partial charge in [0.25, 0.3) is 17.7 Å². The molecule has 0 saturated carbocycles. The van der Waals surface area contributed by atoms with E-state index in [2.05, 4.69) is 5.32 Å². The quantitative estimate of drug-likeness (QED) is 0.111. The standard InChI is InChI=1S/C38H36Cl3N3O6/c1-24-11-13-25(14-12-24)15-17-43(36(47)16-18-44-37(48)27-9-5-6-10-28(27)38(44)49)22-33(45)32(19-26-7-3-2-4-8-26)42-35(46)23-50-34-21-30(40)29(39)20-31(34)41/h2-14,20-21,32-33,45H,15-19,22-23H2,1H3,(H,42,46)/t32-,33-/m0/s1. The lowest BCUT2D eigenvalue weighted by molar-refractivity contribution is -0.133. The Labute approximate surface area is 305 Å². The largest absolute Gasteiger partial charge is 0.482 e. The fourth-order valence-corrected chi connectivity index (χ4v) is 6.25. The first-order valence-electron chi connectivity index (χ1n) is 16.1. The molecule has 0 aliphatic carbocycles. The van der Waals surface area contributed by atoms with Gasteiger partial charge in [0.1, 0.15) is 5.75 Å². The third kappa shape index (κ3) is 9.43. The molecule has 1 heterocycles. The van der Waals surface area contributed by atoms with Gasteiger partial charge < -0.3 is 20.1 Å². The molecule has 2 atom stereocenters. The summed E-state index contributed by atoms with van der Waals surface area (Å²) in [5.74, 6) is -1.60. The number of imide groups is 1. The number of aliphatic hydroxyl groups excluding tert-OH is 1. The van der Waals surface area contributed by atoms with Gasteiger partial charge in [-0.15, -0.1) is 0 Å². The van der Waals surface area contributed by atoms with Gasteiger partial charge in [0.05, 0.1) is 38.3 Å². The minimum absolute atomic E-state index is 0.110. The molecule has 0 radical (unpaired) electrons. The molecule has 0 saturated heterocycles. The maximum Gasteiger partial charge on any atom is 0.261 e. The Balaban J connectivity index is 1.30. The SMILES string of the molecule is Cc1ccc(CCN(C[C@H](O)[C@H](Cc2ccccc2)NC(=O)COc2cc(Cl)c(Cl)cc2Cl)C(=O)CCN2C(=O)c3ccccc3C2=O)cc1. The fourth-order valence-electron chi connectivity index (χ4n) is 5.66. The summed E-state index contributed by atoms with van der Waals surface area (Å²) in [4.78, 5) is 55.4. The van der Waals surface area contributed by atoms with Crippen LogP contribution in [0.2, 0.25) is 15.1 Å². The number of hydrogen-bond acceptors (Lipinski definition) is 6. The minimum atomic E-state index is -1.20. The monoisotopic (exact) mass is 735 g/mol. The Kier molecular flexibility index (Phi) is 12.5. The molecule has 50 heavy (non-hydrogen) atoms. The van der Waals surface area contributed by atoms with Gasteiger partial charge in [0, 0.05) is 32.1 Å².